The third-order valence-electron chi connectivity index (χ3n) is 3.99. The number of carbonyl (C=O) groups is 1. The highest BCUT2D eigenvalue weighted by molar-refractivity contribution is 7.88. The summed E-state index contributed by atoms with van der Waals surface area (Å²) in [6.45, 7) is 2.15. The summed E-state index contributed by atoms with van der Waals surface area (Å²) in [4.78, 5) is 11.8. The summed E-state index contributed by atoms with van der Waals surface area (Å²) in [5, 5.41) is 0. The number of hydrogen-bond acceptors (Lipinski definition) is 6. The minimum atomic E-state index is -5.74. The van der Waals surface area contributed by atoms with Crippen LogP contribution >= 0.6 is 0 Å². The lowest BCUT2D eigenvalue weighted by molar-refractivity contribution is -0.145. The van der Waals surface area contributed by atoms with Crippen LogP contribution in [0, 0.1) is 11.8 Å². The smallest absolute Gasteiger partial charge is 0.493 e. The largest absolute Gasteiger partial charge is 0.534 e. The van der Waals surface area contributed by atoms with Crippen LogP contribution in [0.2, 0.25) is 0 Å². The molecule has 1 aliphatic carbocycles. The maximum absolute atomic E-state index is 12.3. The van der Waals surface area contributed by atoms with Crippen molar-refractivity contribution in [3.63, 3.8) is 0 Å². The Hall–Kier alpha value is -1.97. The zero-order valence-electron chi connectivity index (χ0n) is 12.4. The number of carbonyl (C=O) groups excluding carboxylic acids is 1. The first-order valence-corrected chi connectivity index (χ1v) is 8.50. The van der Waals surface area contributed by atoms with E-state index in [2.05, 4.69) is 4.18 Å². The first kappa shape index (κ1) is 16.9. The fraction of sp³-hybridized carbons (Fsp3) is 0.500. The van der Waals surface area contributed by atoms with Crippen LogP contribution in [0.15, 0.2) is 18.2 Å². The number of alkyl halides is 3. The average Bonchev–Trinajstić information content (AvgIpc) is 3.20. The number of fused-ring (bicyclic) bond motifs is 3. The Morgan fingerprint density at radius 2 is 2.08 bits per heavy atom. The van der Waals surface area contributed by atoms with Crippen molar-refractivity contribution in [3.05, 3.63) is 23.8 Å². The number of ether oxygens (including phenoxy) is 2. The molecule has 24 heavy (non-hydrogen) atoms. The third kappa shape index (κ3) is 2.79. The highest BCUT2D eigenvalue weighted by Crippen LogP contribution is 2.59. The molecule has 0 saturated heterocycles. The molecular formula is C14H13F3O6S. The second-order valence-electron chi connectivity index (χ2n) is 5.46. The van der Waals surface area contributed by atoms with Gasteiger partial charge in [0.15, 0.2) is 0 Å². The second-order valence-corrected chi connectivity index (χ2v) is 7.00. The Balaban J connectivity index is 1.81. The molecule has 1 aromatic carbocycles. The molecule has 3 atom stereocenters. The highest BCUT2D eigenvalue weighted by atomic mass is 32.2. The van der Waals surface area contributed by atoms with Crippen LogP contribution in [0.25, 0.3) is 0 Å². The molecule has 0 aromatic heterocycles. The fourth-order valence-electron chi connectivity index (χ4n) is 2.89. The summed E-state index contributed by atoms with van der Waals surface area (Å²) >= 11 is 0. The van der Waals surface area contributed by atoms with Gasteiger partial charge in [-0.05, 0) is 18.6 Å². The van der Waals surface area contributed by atoms with Gasteiger partial charge in [0.2, 0.25) is 0 Å². The molecule has 0 radical (unpaired) electrons. The molecule has 0 bridgehead atoms. The van der Waals surface area contributed by atoms with E-state index < -0.39 is 21.4 Å². The molecule has 3 rings (SSSR count). The number of hydrogen-bond donors (Lipinski definition) is 0. The Morgan fingerprint density at radius 3 is 2.71 bits per heavy atom. The van der Waals surface area contributed by atoms with E-state index >= 15 is 0 Å². The average molecular weight is 366 g/mol. The quantitative estimate of drug-likeness (QED) is 0.462. The van der Waals surface area contributed by atoms with Gasteiger partial charge in [0, 0.05) is 17.9 Å². The molecule has 1 saturated carbocycles. The molecule has 132 valence electrons. The van der Waals surface area contributed by atoms with E-state index in [0.717, 1.165) is 12.1 Å². The van der Waals surface area contributed by atoms with Crippen molar-refractivity contribution in [2.45, 2.75) is 18.3 Å². The van der Waals surface area contributed by atoms with E-state index in [1.54, 1.807) is 6.92 Å². The lowest BCUT2D eigenvalue weighted by atomic mass is 10.1. The monoisotopic (exact) mass is 366 g/mol. The van der Waals surface area contributed by atoms with Gasteiger partial charge in [0.1, 0.15) is 11.5 Å². The summed E-state index contributed by atoms with van der Waals surface area (Å²) in [5.41, 5.74) is -4.89. The van der Waals surface area contributed by atoms with E-state index in [0.29, 0.717) is 5.56 Å². The lowest BCUT2D eigenvalue weighted by Gasteiger charge is -2.17. The van der Waals surface area contributed by atoms with Gasteiger partial charge in [0.25, 0.3) is 0 Å². The molecule has 6 nitrogen and oxygen atoms in total. The summed E-state index contributed by atoms with van der Waals surface area (Å²) in [7, 11) is -5.74. The number of halogens is 3. The van der Waals surface area contributed by atoms with Crippen LogP contribution in [-0.4, -0.2) is 33.1 Å². The topological polar surface area (TPSA) is 78.9 Å². The third-order valence-corrected chi connectivity index (χ3v) is 4.97. The Morgan fingerprint density at radius 1 is 1.38 bits per heavy atom. The second kappa shape index (κ2) is 5.54. The van der Waals surface area contributed by atoms with Gasteiger partial charge >= 0.3 is 21.6 Å². The van der Waals surface area contributed by atoms with Crippen molar-refractivity contribution >= 4 is 16.1 Å². The molecule has 0 N–H and O–H groups in total. The predicted molar refractivity (Wildman–Crippen MR) is 73.9 cm³/mol. The lowest BCUT2D eigenvalue weighted by Crippen LogP contribution is -2.28. The maximum Gasteiger partial charge on any atom is 0.534 e. The molecule has 2 unspecified atom stereocenters. The minimum Gasteiger partial charge on any atom is -0.493 e. The Kier molecular flexibility index (Phi) is 3.89. The first-order valence-electron chi connectivity index (χ1n) is 7.10. The van der Waals surface area contributed by atoms with Gasteiger partial charge in [-0.1, -0.05) is 6.07 Å². The van der Waals surface area contributed by atoms with Gasteiger partial charge in [-0.15, -0.1) is 0 Å². The molecule has 1 aromatic rings. The van der Waals surface area contributed by atoms with E-state index in [1.165, 1.54) is 6.07 Å². The molecule has 1 fully saturated rings. The van der Waals surface area contributed by atoms with Crippen molar-refractivity contribution in [1.29, 1.82) is 0 Å². The van der Waals surface area contributed by atoms with Crippen LogP contribution in [0.3, 0.4) is 0 Å². The zero-order valence-corrected chi connectivity index (χ0v) is 13.2. The molecule has 0 spiro atoms. The molecule has 1 heterocycles. The summed E-state index contributed by atoms with van der Waals surface area (Å²) in [6.07, 6.45) is 0. The molecule has 2 aliphatic rings. The standard InChI is InChI=1S/C14H13F3O6S/c1-2-21-13(18)12-9-6-22-10-5-7(3-4-8(10)11(9)12)23-24(19,20)14(15,16)17/h3-5,9,11-12H,2,6H2,1H3/t9?,11?,12-/m1/s1. The Labute approximate surface area is 135 Å². The van der Waals surface area contributed by atoms with E-state index in [4.69, 9.17) is 9.47 Å². The zero-order chi connectivity index (χ0) is 17.7. The van der Waals surface area contributed by atoms with E-state index in [1.807, 2.05) is 0 Å². The number of rotatable bonds is 4. The van der Waals surface area contributed by atoms with Crippen LogP contribution in [0.5, 0.6) is 11.5 Å². The summed E-state index contributed by atoms with van der Waals surface area (Å²) < 4.78 is 73.5. The molecule has 0 amide bonds. The van der Waals surface area contributed by atoms with Gasteiger partial charge in [-0.3, -0.25) is 4.79 Å². The van der Waals surface area contributed by atoms with Crippen molar-refractivity contribution in [2.24, 2.45) is 11.8 Å². The molecule has 1 aliphatic heterocycles. The van der Waals surface area contributed by atoms with Crippen LogP contribution in [0.4, 0.5) is 13.2 Å². The molecular weight excluding hydrogens is 353 g/mol. The van der Waals surface area contributed by atoms with Gasteiger partial charge in [-0.2, -0.15) is 21.6 Å². The van der Waals surface area contributed by atoms with Crippen molar-refractivity contribution in [3.8, 4) is 11.5 Å². The van der Waals surface area contributed by atoms with E-state index in [-0.39, 0.29) is 42.7 Å². The highest BCUT2D eigenvalue weighted by Gasteiger charge is 2.59. The van der Waals surface area contributed by atoms with Crippen LogP contribution in [-0.2, 0) is 19.6 Å². The Bertz CT molecular complexity index is 773. The SMILES string of the molecule is CCOC(=O)[C@@H]1C2COc3cc(OS(=O)(=O)C(F)(F)F)ccc3C21. The summed E-state index contributed by atoms with van der Waals surface area (Å²) in [6, 6.07) is 3.59. The van der Waals surface area contributed by atoms with Crippen LogP contribution in [0.1, 0.15) is 18.4 Å². The van der Waals surface area contributed by atoms with Crippen molar-refractivity contribution in [1.82, 2.24) is 0 Å². The van der Waals surface area contributed by atoms with E-state index in [9.17, 15) is 26.4 Å². The summed E-state index contributed by atoms with van der Waals surface area (Å²) in [5.74, 6) is -1.17. The predicted octanol–water partition coefficient (Wildman–Crippen LogP) is 2.20. The van der Waals surface area contributed by atoms with Gasteiger partial charge in [-0.25, -0.2) is 0 Å². The minimum absolute atomic E-state index is 0.0396. The first-order chi connectivity index (χ1) is 11.2. The number of esters is 1. The normalized spacial score (nSPS) is 25.1. The van der Waals surface area contributed by atoms with Crippen molar-refractivity contribution < 1.29 is 40.0 Å². The number of benzene rings is 1. The van der Waals surface area contributed by atoms with Crippen molar-refractivity contribution in [2.75, 3.05) is 13.2 Å². The molecule has 10 heteroatoms. The van der Waals surface area contributed by atoms with Gasteiger partial charge in [0.05, 0.1) is 19.1 Å². The van der Waals surface area contributed by atoms with Gasteiger partial charge < -0.3 is 13.7 Å². The van der Waals surface area contributed by atoms with Crippen LogP contribution < -0.4 is 8.92 Å². The fourth-order valence-corrected chi connectivity index (χ4v) is 3.34. The maximum atomic E-state index is 12.3.